The zero-order valence-electron chi connectivity index (χ0n) is 21.0. The Labute approximate surface area is 220 Å². The molecule has 0 saturated carbocycles. The Hall–Kier alpha value is -4.71. The van der Waals surface area contributed by atoms with Crippen LogP contribution in [0.15, 0.2) is 53.8 Å². The second-order valence-electron chi connectivity index (χ2n) is 7.90. The number of rotatable bonds is 6. The van der Waals surface area contributed by atoms with Crippen molar-refractivity contribution in [3.05, 3.63) is 69.5 Å². The molecule has 1 aliphatic heterocycles. The lowest BCUT2D eigenvalue weighted by atomic mass is 10.1. The maximum Gasteiger partial charge on any atom is 0.300 e. The van der Waals surface area contributed by atoms with E-state index in [1.807, 2.05) is 24.3 Å². The number of amides is 1. The molecule has 2 aromatic heterocycles. The summed E-state index contributed by atoms with van der Waals surface area (Å²) >= 11 is 1.13. The highest BCUT2D eigenvalue weighted by molar-refractivity contribution is 7.15. The predicted octanol–water partition coefficient (Wildman–Crippen LogP) is 2.39. The molecule has 2 aromatic carbocycles. The van der Waals surface area contributed by atoms with E-state index >= 15 is 0 Å². The third-order valence-electron chi connectivity index (χ3n) is 5.54. The van der Waals surface area contributed by atoms with Gasteiger partial charge in [0.1, 0.15) is 4.53 Å². The number of carbonyl (C=O) groups excluding carboxylic acids is 1. The number of carboxylic acid groups (broad SMARTS) is 1. The van der Waals surface area contributed by atoms with E-state index in [-0.39, 0.29) is 5.91 Å². The molecule has 0 fully saturated rings. The smallest absolute Gasteiger partial charge is 0.300 e. The third-order valence-corrected chi connectivity index (χ3v) is 6.57. The van der Waals surface area contributed by atoms with E-state index in [1.165, 1.54) is 25.8 Å². The van der Waals surface area contributed by atoms with Crippen molar-refractivity contribution in [3.8, 4) is 28.6 Å². The molecule has 0 unspecified atom stereocenters. The normalized spacial score (nSPS) is 13.6. The van der Waals surface area contributed by atoms with Gasteiger partial charge in [0.2, 0.25) is 10.7 Å². The molecule has 3 heterocycles. The SMILES string of the molecule is C=CCN1C(=O)/C(=c2\sc3nc(-c4cc(OC)c(OC)c(OC)c4)nn3c2=O)c2ccccc21.CC(=O)O. The highest BCUT2D eigenvalue weighted by Gasteiger charge is 2.33. The van der Waals surface area contributed by atoms with Gasteiger partial charge in [-0.25, -0.2) is 0 Å². The summed E-state index contributed by atoms with van der Waals surface area (Å²) in [7, 11) is 4.56. The van der Waals surface area contributed by atoms with Crippen LogP contribution in [0.4, 0.5) is 5.69 Å². The summed E-state index contributed by atoms with van der Waals surface area (Å²) in [6.45, 7) is 5.17. The summed E-state index contributed by atoms with van der Waals surface area (Å²) in [5, 5.41) is 11.8. The average Bonchev–Trinajstić information content (AvgIpc) is 3.54. The zero-order chi connectivity index (χ0) is 27.6. The number of anilines is 1. The first-order valence-electron chi connectivity index (χ1n) is 11.2. The number of hydrogen-bond donors (Lipinski definition) is 1. The van der Waals surface area contributed by atoms with Crippen molar-refractivity contribution in [1.29, 1.82) is 0 Å². The summed E-state index contributed by atoms with van der Waals surface area (Å²) in [6.07, 6.45) is 1.65. The first-order valence-corrected chi connectivity index (χ1v) is 12.0. The fraction of sp³-hybridized carbons (Fsp3) is 0.192. The number of benzene rings is 2. The van der Waals surface area contributed by atoms with Crippen LogP contribution in [-0.4, -0.2) is 59.5 Å². The molecule has 5 rings (SSSR count). The molecule has 12 heteroatoms. The maximum atomic E-state index is 13.3. The number of aliphatic carboxylic acids is 1. The Kier molecular flexibility index (Phi) is 7.44. The number of ether oxygens (including phenoxy) is 3. The fourth-order valence-electron chi connectivity index (χ4n) is 4.03. The van der Waals surface area contributed by atoms with Gasteiger partial charge in [-0.3, -0.25) is 14.4 Å². The summed E-state index contributed by atoms with van der Waals surface area (Å²) in [4.78, 5) is 42.1. The maximum absolute atomic E-state index is 13.3. The van der Waals surface area contributed by atoms with Crippen molar-refractivity contribution in [2.75, 3.05) is 32.8 Å². The summed E-state index contributed by atoms with van der Waals surface area (Å²) in [5.74, 6) is 0.590. The molecule has 196 valence electrons. The van der Waals surface area contributed by atoms with Crippen LogP contribution in [0.25, 0.3) is 21.9 Å². The van der Waals surface area contributed by atoms with Crippen molar-refractivity contribution < 1.29 is 28.9 Å². The molecule has 11 nitrogen and oxygen atoms in total. The van der Waals surface area contributed by atoms with Gasteiger partial charge in [0.05, 0.1) is 32.6 Å². The highest BCUT2D eigenvalue weighted by Crippen LogP contribution is 2.40. The van der Waals surface area contributed by atoms with Gasteiger partial charge in [0, 0.05) is 24.6 Å². The highest BCUT2D eigenvalue weighted by atomic mass is 32.1. The van der Waals surface area contributed by atoms with Crippen LogP contribution in [0.2, 0.25) is 0 Å². The Morgan fingerprint density at radius 3 is 2.29 bits per heavy atom. The second-order valence-corrected chi connectivity index (χ2v) is 8.87. The number of carbonyl (C=O) groups is 2. The molecule has 0 bridgehead atoms. The largest absolute Gasteiger partial charge is 0.493 e. The van der Waals surface area contributed by atoms with Gasteiger partial charge in [-0.05, 0) is 18.2 Å². The number of aromatic nitrogens is 3. The van der Waals surface area contributed by atoms with E-state index in [4.69, 9.17) is 24.1 Å². The summed E-state index contributed by atoms with van der Waals surface area (Å²) in [5.41, 5.74) is 2.01. The molecule has 1 aliphatic rings. The monoisotopic (exact) mass is 536 g/mol. The zero-order valence-corrected chi connectivity index (χ0v) is 21.9. The second kappa shape index (κ2) is 10.7. The lowest BCUT2D eigenvalue weighted by Crippen LogP contribution is -2.32. The van der Waals surface area contributed by atoms with Crippen LogP contribution in [-0.2, 0) is 9.59 Å². The van der Waals surface area contributed by atoms with E-state index in [2.05, 4.69) is 16.7 Å². The van der Waals surface area contributed by atoms with Crippen molar-refractivity contribution in [2.45, 2.75) is 6.92 Å². The Balaban J connectivity index is 0.000000786. The number of nitrogens with zero attached hydrogens (tertiary/aromatic N) is 4. The van der Waals surface area contributed by atoms with Gasteiger partial charge in [0.15, 0.2) is 17.3 Å². The van der Waals surface area contributed by atoms with Gasteiger partial charge in [-0.1, -0.05) is 35.6 Å². The predicted molar refractivity (Wildman–Crippen MR) is 142 cm³/mol. The standard InChI is InChI=1S/C24H20N4O5S.C2H4O2/c1-5-10-27-15-9-7-6-8-14(15)18(22(27)29)20-23(30)28-24(34-20)25-21(26-28)13-11-16(31-2)19(33-4)17(12-13)32-3;1-2(3)4/h5-9,11-12H,1,10H2,2-4H3;1H3,(H,3,4)/b20-18-;. The minimum atomic E-state index is -0.833. The number of hydrogen-bond acceptors (Lipinski definition) is 9. The molecule has 1 amide bonds. The van der Waals surface area contributed by atoms with Gasteiger partial charge < -0.3 is 24.2 Å². The van der Waals surface area contributed by atoms with Crippen molar-refractivity contribution >= 4 is 39.4 Å². The minimum Gasteiger partial charge on any atom is -0.493 e. The van der Waals surface area contributed by atoms with E-state index < -0.39 is 11.5 Å². The van der Waals surface area contributed by atoms with Crippen molar-refractivity contribution in [2.24, 2.45) is 0 Å². The number of fused-ring (bicyclic) bond motifs is 2. The van der Waals surface area contributed by atoms with Crippen molar-refractivity contribution in [1.82, 2.24) is 14.6 Å². The topological polar surface area (TPSA) is 133 Å². The van der Waals surface area contributed by atoms with Crippen LogP contribution in [0.1, 0.15) is 12.5 Å². The Morgan fingerprint density at radius 2 is 1.74 bits per heavy atom. The van der Waals surface area contributed by atoms with Crippen molar-refractivity contribution in [3.63, 3.8) is 0 Å². The molecule has 0 atom stereocenters. The number of para-hydroxylation sites is 1. The van der Waals surface area contributed by atoms with Crippen LogP contribution in [0.3, 0.4) is 0 Å². The molecular weight excluding hydrogens is 512 g/mol. The van der Waals surface area contributed by atoms with E-state index in [9.17, 15) is 9.59 Å². The number of methoxy groups -OCH3 is 3. The average molecular weight is 537 g/mol. The van der Waals surface area contributed by atoms with Crippen LogP contribution in [0, 0.1) is 0 Å². The van der Waals surface area contributed by atoms with Crippen LogP contribution < -0.4 is 29.2 Å². The first-order chi connectivity index (χ1) is 18.2. The lowest BCUT2D eigenvalue weighted by Gasteiger charge is -2.13. The van der Waals surface area contributed by atoms with Crippen LogP contribution in [0.5, 0.6) is 17.2 Å². The Morgan fingerprint density at radius 1 is 1.11 bits per heavy atom. The lowest BCUT2D eigenvalue weighted by molar-refractivity contribution is -0.134. The fourth-order valence-corrected chi connectivity index (χ4v) is 5.03. The number of carboxylic acids is 1. The van der Waals surface area contributed by atoms with E-state index in [0.29, 0.717) is 55.8 Å². The van der Waals surface area contributed by atoms with E-state index in [0.717, 1.165) is 23.9 Å². The molecule has 38 heavy (non-hydrogen) atoms. The summed E-state index contributed by atoms with van der Waals surface area (Å²) in [6, 6.07) is 10.8. The Bertz CT molecular complexity index is 1650. The molecule has 1 N–H and O–H groups in total. The quantitative estimate of drug-likeness (QED) is 0.369. The number of thiazole rings is 1. The molecule has 0 radical (unpaired) electrons. The first kappa shape index (κ1) is 26.4. The van der Waals surface area contributed by atoms with Gasteiger partial charge in [0.25, 0.3) is 17.4 Å². The molecule has 0 spiro atoms. The molecule has 0 aliphatic carbocycles. The molecule has 4 aromatic rings. The van der Waals surface area contributed by atoms with Crippen LogP contribution >= 0.6 is 11.3 Å². The van der Waals surface area contributed by atoms with Gasteiger partial charge >= 0.3 is 0 Å². The van der Waals surface area contributed by atoms with Gasteiger partial charge in [-0.15, -0.1) is 11.7 Å². The third kappa shape index (κ3) is 4.57. The molecule has 0 saturated heterocycles. The van der Waals surface area contributed by atoms with E-state index in [1.54, 1.807) is 23.1 Å². The molecular formula is C26H24N4O7S. The minimum absolute atomic E-state index is 0.243. The van der Waals surface area contributed by atoms with Gasteiger partial charge in [-0.2, -0.15) is 9.50 Å². The summed E-state index contributed by atoms with van der Waals surface area (Å²) < 4.78 is 17.7.